The number of nitrogens with one attached hydrogen (secondary N) is 1. The molecule has 1 saturated heterocycles. The van der Waals surface area contributed by atoms with Gasteiger partial charge in [0, 0.05) is 5.69 Å². The van der Waals surface area contributed by atoms with Crippen molar-refractivity contribution in [3.05, 3.63) is 29.3 Å². The molecule has 0 amide bonds. The SMILES string of the molecule is Cc1ccc(NC2COC(C)(C)OC2)cc1C(F)(F)F. The van der Waals surface area contributed by atoms with E-state index in [0.29, 0.717) is 18.9 Å². The Morgan fingerprint density at radius 1 is 1.20 bits per heavy atom. The first-order chi connectivity index (χ1) is 9.17. The first-order valence-electron chi connectivity index (χ1n) is 6.40. The third-order valence-electron chi connectivity index (χ3n) is 3.18. The molecule has 0 atom stereocenters. The fourth-order valence-corrected chi connectivity index (χ4v) is 2.03. The van der Waals surface area contributed by atoms with Crippen molar-refractivity contribution >= 4 is 5.69 Å². The van der Waals surface area contributed by atoms with Gasteiger partial charge in [0.1, 0.15) is 0 Å². The molecule has 1 aromatic carbocycles. The Balaban J connectivity index is 2.08. The van der Waals surface area contributed by atoms with E-state index in [9.17, 15) is 13.2 Å². The van der Waals surface area contributed by atoms with E-state index < -0.39 is 17.5 Å². The van der Waals surface area contributed by atoms with Gasteiger partial charge in [0.2, 0.25) is 0 Å². The maximum absolute atomic E-state index is 12.8. The summed E-state index contributed by atoms with van der Waals surface area (Å²) in [6.45, 7) is 5.83. The molecule has 0 aliphatic carbocycles. The van der Waals surface area contributed by atoms with Gasteiger partial charge in [-0.2, -0.15) is 13.2 Å². The second-order valence-electron chi connectivity index (χ2n) is 5.39. The summed E-state index contributed by atoms with van der Waals surface area (Å²) in [6.07, 6.45) is -4.34. The Hall–Kier alpha value is -1.27. The van der Waals surface area contributed by atoms with Gasteiger partial charge in [0.15, 0.2) is 5.79 Å². The Bertz CT molecular complexity index is 476. The summed E-state index contributed by atoms with van der Waals surface area (Å²) in [7, 11) is 0. The highest BCUT2D eigenvalue weighted by atomic mass is 19.4. The quantitative estimate of drug-likeness (QED) is 0.902. The molecule has 1 N–H and O–H groups in total. The predicted molar refractivity (Wildman–Crippen MR) is 69.6 cm³/mol. The van der Waals surface area contributed by atoms with Crippen LogP contribution in [0.3, 0.4) is 0 Å². The lowest BCUT2D eigenvalue weighted by Crippen LogP contribution is -2.45. The molecule has 3 nitrogen and oxygen atoms in total. The topological polar surface area (TPSA) is 30.5 Å². The zero-order valence-electron chi connectivity index (χ0n) is 11.7. The van der Waals surface area contributed by atoms with Gasteiger partial charge >= 0.3 is 6.18 Å². The second-order valence-corrected chi connectivity index (χ2v) is 5.39. The number of alkyl halides is 3. The largest absolute Gasteiger partial charge is 0.416 e. The summed E-state index contributed by atoms with van der Waals surface area (Å²) in [4.78, 5) is 0. The third kappa shape index (κ3) is 3.64. The molecule has 0 saturated carbocycles. The van der Waals surface area contributed by atoms with Gasteiger partial charge in [-0.1, -0.05) is 6.07 Å². The number of anilines is 1. The fourth-order valence-electron chi connectivity index (χ4n) is 2.03. The Morgan fingerprint density at radius 2 is 1.80 bits per heavy atom. The van der Waals surface area contributed by atoms with Gasteiger partial charge in [-0.05, 0) is 38.5 Å². The molecular formula is C14H18F3NO2. The highest BCUT2D eigenvalue weighted by Gasteiger charge is 2.33. The minimum absolute atomic E-state index is 0.160. The molecular weight excluding hydrogens is 271 g/mol. The molecule has 112 valence electrons. The summed E-state index contributed by atoms with van der Waals surface area (Å²) in [5.41, 5.74) is 0.000588. The predicted octanol–water partition coefficient (Wildman–Crippen LogP) is 3.58. The molecule has 2 rings (SSSR count). The van der Waals surface area contributed by atoms with Crippen LogP contribution < -0.4 is 5.32 Å². The van der Waals surface area contributed by atoms with Crippen LogP contribution in [0.1, 0.15) is 25.0 Å². The molecule has 20 heavy (non-hydrogen) atoms. The van der Waals surface area contributed by atoms with Crippen LogP contribution in [0.5, 0.6) is 0 Å². The Kier molecular flexibility index (Phi) is 3.97. The van der Waals surface area contributed by atoms with Crippen LogP contribution in [0.25, 0.3) is 0 Å². The van der Waals surface area contributed by atoms with Gasteiger partial charge in [0.05, 0.1) is 24.8 Å². The van der Waals surface area contributed by atoms with E-state index in [-0.39, 0.29) is 11.6 Å². The fraction of sp³-hybridized carbons (Fsp3) is 0.571. The van der Waals surface area contributed by atoms with Gasteiger partial charge < -0.3 is 14.8 Å². The van der Waals surface area contributed by atoms with E-state index in [1.54, 1.807) is 19.9 Å². The molecule has 1 aliphatic heterocycles. The molecule has 1 aliphatic rings. The van der Waals surface area contributed by atoms with Crippen molar-refractivity contribution in [2.75, 3.05) is 18.5 Å². The lowest BCUT2D eigenvalue weighted by atomic mass is 10.1. The zero-order chi connectivity index (χ0) is 15.0. The molecule has 0 aromatic heterocycles. The van der Waals surface area contributed by atoms with Crippen LogP contribution in [0.2, 0.25) is 0 Å². The number of hydrogen-bond acceptors (Lipinski definition) is 3. The number of halogens is 3. The number of hydrogen-bond donors (Lipinski definition) is 1. The van der Waals surface area contributed by atoms with E-state index in [1.807, 2.05) is 0 Å². The molecule has 1 aromatic rings. The van der Waals surface area contributed by atoms with Crippen molar-refractivity contribution in [3.8, 4) is 0 Å². The standard InChI is InChI=1S/C14H18F3NO2/c1-9-4-5-10(6-12(9)14(15,16)17)18-11-7-19-13(2,3)20-8-11/h4-6,11,18H,7-8H2,1-3H3. The summed E-state index contributed by atoms with van der Waals surface area (Å²) in [5.74, 6) is -0.636. The van der Waals surface area contributed by atoms with Crippen LogP contribution in [-0.2, 0) is 15.7 Å². The third-order valence-corrected chi connectivity index (χ3v) is 3.18. The average molecular weight is 289 g/mol. The highest BCUT2D eigenvalue weighted by Crippen LogP contribution is 2.33. The van der Waals surface area contributed by atoms with E-state index in [4.69, 9.17) is 9.47 Å². The number of rotatable bonds is 2. The smallest absolute Gasteiger partial charge is 0.378 e. The number of benzene rings is 1. The normalized spacial score (nSPS) is 19.9. The molecule has 0 bridgehead atoms. The minimum atomic E-state index is -4.34. The maximum Gasteiger partial charge on any atom is 0.416 e. The van der Waals surface area contributed by atoms with E-state index >= 15 is 0 Å². The summed E-state index contributed by atoms with van der Waals surface area (Å²) >= 11 is 0. The molecule has 0 spiro atoms. The summed E-state index contributed by atoms with van der Waals surface area (Å²) in [5, 5.41) is 3.01. The number of aryl methyl sites for hydroxylation is 1. The van der Waals surface area contributed by atoms with E-state index in [2.05, 4.69) is 5.32 Å². The van der Waals surface area contributed by atoms with Gasteiger partial charge in [-0.3, -0.25) is 0 Å². The van der Waals surface area contributed by atoms with Crippen LogP contribution in [-0.4, -0.2) is 25.0 Å². The van der Waals surface area contributed by atoms with Crippen molar-refractivity contribution < 1.29 is 22.6 Å². The Morgan fingerprint density at radius 3 is 2.35 bits per heavy atom. The highest BCUT2D eigenvalue weighted by molar-refractivity contribution is 5.50. The average Bonchev–Trinajstić information content (AvgIpc) is 2.33. The van der Waals surface area contributed by atoms with Crippen molar-refractivity contribution in [2.24, 2.45) is 0 Å². The molecule has 1 heterocycles. The lowest BCUT2D eigenvalue weighted by molar-refractivity contribution is -0.247. The lowest BCUT2D eigenvalue weighted by Gasteiger charge is -2.35. The van der Waals surface area contributed by atoms with Crippen molar-refractivity contribution in [1.82, 2.24) is 0 Å². The summed E-state index contributed by atoms with van der Waals surface area (Å²) in [6, 6.07) is 4.05. The maximum atomic E-state index is 12.8. The van der Waals surface area contributed by atoms with Crippen LogP contribution in [0.15, 0.2) is 18.2 Å². The van der Waals surface area contributed by atoms with Gasteiger partial charge in [-0.25, -0.2) is 0 Å². The van der Waals surface area contributed by atoms with Crippen LogP contribution in [0, 0.1) is 6.92 Å². The summed E-state index contributed by atoms with van der Waals surface area (Å²) < 4.78 is 49.4. The van der Waals surface area contributed by atoms with E-state index in [0.717, 1.165) is 6.07 Å². The van der Waals surface area contributed by atoms with Crippen LogP contribution in [0.4, 0.5) is 18.9 Å². The van der Waals surface area contributed by atoms with Gasteiger partial charge in [0.25, 0.3) is 0 Å². The minimum Gasteiger partial charge on any atom is -0.378 e. The van der Waals surface area contributed by atoms with Crippen LogP contribution >= 0.6 is 0 Å². The Labute approximate surface area is 116 Å². The molecule has 0 radical (unpaired) electrons. The molecule has 1 fully saturated rings. The molecule has 0 unspecified atom stereocenters. The zero-order valence-corrected chi connectivity index (χ0v) is 11.7. The molecule has 6 heteroatoms. The van der Waals surface area contributed by atoms with Gasteiger partial charge in [-0.15, -0.1) is 0 Å². The van der Waals surface area contributed by atoms with Crippen molar-refractivity contribution in [1.29, 1.82) is 0 Å². The number of ether oxygens (including phenoxy) is 2. The van der Waals surface area contributed by atoms with Crippen molar-refractivity contribution in [2.45, 2.75) is 38.8 Å². The second kappa shape index (κ2) is 5.26. The first-order valence-corrected chi connectivity index (χ1v) is 6.40. The van der Waals surface area contributed by atoms with E-state index in [1.165, 1.54) is 13.0 Å². The van der Waals surface area contributed by atoms with Crippen molar-refractivity contribution in [3.63, 3.8) is 0 Å². The first kappa shape index (κ1) is 15.1. The monoisotopic (exact) mass is 289 g/mol.